The third-order valence-electron chi connectivity index (χ3n) is 5.08. The molecule has 1 amide bonds. The molecular formula is C20H25N3O3. The highest BCUT2D eigenvalue weighted by Crippen LogP contribution is 2.32. The zero-order chi connectivity index (χ0) is 17.9. The molecule has 2 aliphatic rings. The minimum Gasteiger partial charge on any atom is -0.484 e. The van der Waals surface area contributed by atoms with Gasteiger partial charge in [0.15, 0.2) is 6.61 Å². The highest BCUT2D eigenvalue weighted by molar-refractivity contribution is 5.78. The standard InChI is InChI=1S/C20H25N3O3/c1-25-13-18-17-12-22(20(24)14-26-16-5-3-2-4-6-16)10-9-19(17)23(21-18)11-15-7-8-15/h2-6,15H,7-14H2,1H3. The highest BCUT2D eigenvalue weighted by Gasteiger charge is 2.30. The molecule has 138 valence electrons. The van der Waals surface area contributed by atoms with Crippen LogP contribution in [0.4, 0.5) is 0 Å². The van der Waals surface area contributed by atoms with Crippen molar-refractivity contribution in [1.82, 2.24) is 14.7 Å². The molecule has 26 heavy (non-hydrogen) atoms. The summed E-state index contributed by atoms with van der Waals surface area (Å²) in [5, 5.41) is 4.77. The Morgan fingerprint density at radius 1 is 1.27 bits per heavy atom. The number of rotatable bonds is 7. The number of hydrogen-bond donors (Lipinski definition) is 0. The maximum Gasteiger partial charge on any atom is 0.260 e. The van der Waals surface area contributed by atoms with E-state index in [1.54, 1.807) is 7.11 Å². The fourth-order valence-electron chi connectivity index (χ4n) is 3.48. The molecule has 0 N–H and O–H groups in total. The Bertz CT molecular complexity index is 768. The summed E-state index contributed by atoms with van der Waals surface area (Å²) in [6.07, 6.45) is 3.45. The van der Waals surface area contributed by atoms with Gasteiger partial charge in [0.2, 0.25) is 0 Å². The monoisotopic (exact) mass is 355 g/mol. The van der Waals surface area contributed by atoms with Gasteiger partial charge in [0.1, 0.15) is 5.75 Å². The van der Waals surface area contributed by atoms with Gasteiger partial charge in [-0.05, 0) is 30.9 Å². The van der Waals surface area contributed by atoms with Gasteiger partial charge in [0.25, 0.3) is 5.91 Å². The molecule has 1 saturated carbocycles. The van der Waals surface area contributed by atoms with Gasteiger partial charge < -0.3 is 14.4 Å². The highest BCUT2D eigenvalue weighted by atomic mass is 16.5. The molecule has 1 aliphatic carbocycles. The van der Waals surface area contributed by atoms with Crippen LogP contribution in [0.1, 0.15) is 29.8 Å². The molecule has 1 aliphatic heterocycles. The number of amides is 1. The second-order valence-electron chi connectivity index (χ2n) is 7.10. The van der Waals surface area contributed by atoms with E-state index in [1.165, 1.54) is 18.5 Å². The fourth-order valence-corrected chi connectivity index (χ4v) is 3.48. The summed E-state index contributed by atoms with van der Waals surface area (Å²) >= 11 is 0. The first-order valence-electron chi connectivity index (χ1n) is 9.26. The first-order valence-corrected chi connectivity index (χ1v) is 9.26. The molecule has 6 heteroatoms. The van der Waals surface area contributed by atoms with Crippen LogP contribution >= 0.6 is 0 Å². The van der Waals surface area contributed by atoms with Crippen molar-refractivity contribution in [2.24, 2.45) is 5.92 Å². The first kappa shape index (κ1) is 17.1. The molecule has 1 aromatic carbocycles. The molecule has 1 aromatic heterocycles. The van der Waals surface area contributed by atoms with Crippen LogP contribution in [0.2, 0.25) is 0 Å². The summed E-state index contributed by atoms with van der Waals surface area (Å²) in [7, 11) is 1.69. The van der Waals surface area contributed by atoms with Gasteiger partial charge in [-0.15, -0.1) is 0 Å². The second kappa shape index (κ2) is 7.50. The van der Waals surface area contributed by atoms with Crippen LogP contribution in [0.5, 0.6) is 5.75 Å². The lowest BCUT2D eigenvalue weighted by atomic mass is 10.0. The van der Waals surface area contributed by atoms with E-state index in [1.807, 2.05) is 35.2 Å². The fraction of sp³-hybridized carbons (Fsp3) is 0.500. The van der Waals surface area contributed by atoms with Gasteiger partial charge in [-0.1, -0.05) is 18.2 Å². The minimum absolute atomic E-state index is 0.0119. The number of methoxy groups -OCH3 is 1. The Labute approximate surface area is 153 Å². The van der Waals surface area contributed by atoms with Crippen LogP contribution in [0.25, 0.3) is 0 Å². The first-order chi connectivity index (χ1) is 12.7. The van der Waals surface area contributed by atoms with Gasteiger partial charge in [0.05, 0.1) is 12.3 Å². The topological polar surface area (TPSA) is 56.6 Å². The van der Waals surface area contributed by atoms with Crippen molar-refractivity contribution in [3.05, 3.63) is 47.3 Å². The number of nitrogens with zero attached hydrogens (tertiary/aromatic N) is 3. The number of hydrogen-bond acceptors (Lipinski definition) is 4. The van der Waals surface area contributed by atoms with Crippen LogP contribution in [-0.2, 0) is 35.6 Å². The molecule has 0 unspecified atom stereocenters. The molecule has 4 rings (SSSR count). The molecule has 1 fully saturated rings. The minimum atomic E-state index is 0.0119. The normalized spacial score (nSPS) is 16.4. The van der Waals surface area contributed by atoms with Crippen molar-refractivity contribution in [1.29, 1.82) is 0 Å². The average molecular weight is 355 g/mol. The van der Waals surface area contributed by atoms with E-state index >= 15 is 0 Å². The molecule has 0 spiro atoms. The Morgan fingerprint density at radius 2 is 2.08 bits per heavy atom. The lowest BCUT2D eigenvalue weighted by Crippen LogP contribution is -2.39. The molecule has 0 radical (unpaired) electrons. The summed E-state index contributed by atoms with van der Waals surface area (Å²) < 4.78 is 13.1. The third kappa shape index (κ3) is 3.75. The van der Waals surface area contributed by atoms with Crippen molar-refractivity contribution < 1.29 is 14.3 Å². The van der Waals surface area contributed by atoms with Gasteiger partial charge in [0, 0.05) is 44.4 Å². The van der Waals surface area contributed by atoms with Gasteiger partial charge in [-0.3, -0.25) is 9.48 Å². The number of carbonyl (C=O) groups excluding carboxylic acids is 1. The van der Waals surface area contributed by atoms with E-state index in [4.69, 9.17) is 14.6 Å². The summed E-state index contributed by atoms with van der Waals surface area (Å²) in [6.45, 7) is 2.86. The number of aromatic nitrogens is 2. The number of carbonyl (C=O) groups is 1. The Morgan fingerprint density at radius 3 is 2.81 bits per heavy atom. The van der Waals surface area contributed by atoms with Crippen molar-refractivity contribution in [3.8, 4) is 5.75 Å². The lowest BCUT2D eigenvalue weighted by molar-refractivity contribution is -0.134. The van der Waals surface area contributed by atoms with Crippen molar-refractivity contribution >= 4 is 5.91 Å². The maximum atomic E-state index is 12.6. The molecule has 0 bridgehead atoms. The van der Waals surface area contributed by atoms with Crippen molar-refractivity contribution in [2.75, 3.05) is 20.3 Å². The van der Waals surface area contributed by atoms with Crippen LogP contribution in [-0.4, -0.2) is 40.8 Å². The zero-order valence-corrected chi connectivity index (χ0v) is 15.2. The Hall–Kier alpha value is -2.34. The predicted molar refractivity (Wildman–Crippen MR) is 96.7 cm³/mol. The van der Waals surface area contributed by atoms with Crippen LogP contribution in [0.15, 0.2) is 30.3 Å². The smallest absolute Gasteiger partial charge is 0.260 e. The quantitative estimate of drug-likeness (QED) is 0.765. The van der Waals surface area contributed by atoms with E-state index in [0.717, 1.165) is 35.9 Å². The average Bonchev–Trinajstić information content (AvgIpc) is 3.43. The molecule has 0 saturated heterocycles. The van der Waals surface area contributed by atoms with E-state index in [-0.39, 0.29) is 12.5 Å². The maximum absolute atomic E-state index is 12.6. The molecular weight excluding hydrogens is 330 g/mol. The molecule has 6 nitrogen and oxygen atoms in total. The van der Waals surface area contributed by atoms with Gasteiger partial charge in [-0.2, -0.15) is 5.10 Å². The summed E-state index contributed by atoms with van der Waals surface area (Å²) in [4.78, 5) is 14.5. The lowest BCUT2D eigenvalue weighted by Gasteiger charge is -2.28. The van der Waals surface area contributed by atoms with Crippen molar-refractivity contribution in [2.45, 2.75) is 39.0 Å². The molecule has 2 heterocycles. The van der Waals surface area contributed by atoms with E-state index in [0.29, 0.717) is 19.7 Å². The van der Waals surface area contributed by atoms with E-state index in [2.05, 4.69) is 4.68 Å². The van der Waals surface area contributed by atoms with E-state index in [9.17, 15) is 4.79 Å². The van der Waals surface area contributed by atoms with Gasteiger partial charge in [-0.25, -0.2) is 0 Å². The van der Waals surface area contributed by atoms with Crippen molar-refractivity contribution in [3.63, 3.8) is 0 Å². The summed E-state index contributed by atoms with van der Waals surface area (Å²) in [5.41, 5.74) is 3.40. The van der Waals surface area contributed by atoms with Gasteiger partial charge >= 0.3 is 0 Å². The van der Waals surface area contributed by atoms with Crippen LogP contribution in [0.3, 0.4) is 0 Å². The summed E-state index contributed by atoms with van der Waals surface area (Å²) in [6, 6.07) is 9.45. The van der Waals surface area contributed by atoms with E-state index < -0.39 is 0 Å². The number of benzene rings is 1. The Kier molecular flexibility index (Phi) is 4.93. The number of ether oxygens (including phenoxy) is 2. The third-order valence-corrected chi connectivity index (χ3v) is 5.08. The second-order valence-corrected chi connectivity index (χ2v) is 7.10. The zero-order valence-electron chi connectivity index (χ0n) is 15.2. The Balaban J connectivity index is 1.44. The predicted octanol–water partition coefficient (Wildman–Crippen LogP) is 2.40. The SMILES string of the molecule is COCc1nn(CC2CC2)c2c1CN(C(=O)COc1ccccc1)CC2. The number of fused-ring (bicyclic) bond motifs is 1. The number of para-hydroxylation sites is 1. The summed E-state index contributed by atoms with van der Waals surface area (Å²) in [5.74, 6) is 1.50. The van der Waals surface area contributed by atoms with Crippen LogP contribution < -0.4 is 4.74 Å². The largest absolute Gasteiger partial charge is 0.484 e. The molecule has 2 aromatic rings. The molecule has 0 atom stereocenters. The van der Waals surface area contributed by atoms with Crippen LogP contribution in [0, 0.1) is 5.92 Å².